The Morgan fingerprint density at radius 3 is 2.68 bits per heavy atom. The molecule has 5 heteroatoms. The molecule has 1 saturated heterocycles. The largest absolute Gasteiger partial charge is 0.337 e. The fourth-order valence-electron chi connectivity index (χ4n) is 2.33. The molecule has 1 atom stereocenters. The van der Waals surface area contributed by atoms with Crippen molar-refractivity contribution >= 4 is 0 Å². The van der Waals surface area contributed by atoms with Crippen molar-refractivity contribution in [1.82, 2.24) is 20.4 Å². The van der Waals surface area contributed by atoms with Crippen LogP contribution in [-0.2, 0) is 0 Å². The minimum Gasteiger partial charge on any atom is -0.337 e. The summed E-state index contributed by atoms with van der Waals surface area (Å²) in [6.07, 6.45) is 0. The van der Waals surface area contributed by atoms with E-state index >= 15 is 0 Å². The lowest BCUT2D eigenvalue weighted by Gasteiger charge is -2.30. The van der Waals surface area contributed by atoms with Crippen molar-refractivity contribution in [2.75, 3.05) is 26.2 Å². The molecular formula is C14H18N4O. The topological polar surface area (TPSA) is 54.2 Å². The highest BCUT2D eigenvalue weighted by Gasteiger charge is 2.23. The molecule has 0 saturated carbocycles. The van der Waals surface area contributed by atoms with Crippen LogP contribution in [0.1, 0.15) is 18.9 Å². The maximum Gasteiger partial charge on any atom is 0.244 e. The van der Waals surface area contributed by atoms with Crippen molar-refractivity contribution in [3.8, 4) is 11.4 Å². The maximum atomic E-state index is 5.41. The quantitative estimate of drug-likeness (QED) is 0.908. The van der Waals surface area contributed by atoms with Gasteiger partial charge in [0.25, 0.3) is 0 Å². The van der Waals surface area contributed by atoms with Gasteiger partial charge in [-0.05, 0) is 6.92 Å². The van der Waals surface area contributed by atoms with Crippen molar-refractivity contribution in [3.05, 3.63) is 36.2 Å². The molecule has 0 spiro atoms. The maximum absolute atomic E-state index is 5.41. The van der Waals surface area contributed by atoms with E-state index in [9.17, 15) is 0 Å². The Morgan fingerprint density at radius 2 is 1.95 bits per heavy atom. The lowest BCUT2D eigenvalue weighted by atomic mass is 10.2. The number of aromatic nitrogens is 2. The average Bonchev–Trinajstić information content (AvgIpc) is 2.98. The summed E-state index contributed by atoms with van der Waals surface area (Å²) in [4.78, 5) is 6.88. The lowest BCUT2D eigenvalue weighted by Crippen LogP contribution is -2.44. The predicted octanol–water partition coefficient (Wildman–Crippen LogP) is 1.70. The monoisotopic (exact) mass is 258 g/mol. The van der Waals surface area contributed by atoms with E-state index in [1.165, 1.54) is 0 Å². The second-order valence-corrected chi connectivity index (χ2v) is 4.78. The number of piperazine rings is 1. The van der Waals surface area contributed by atoms with E-state index in [1.54, 1.807) is 0 Å². The molecule has 5 nitrogen and oxygen atoms in total. The highest BCUT2D eigenvalue weighted by molar-refractivity contribution is 5.53. The van der Waals surface area contributed by atoms with Crippen LogP contribution in [0.2, 0.25) is 0 Å². The van der Waals surface area contributed by atoms with E-state index in [0.717, 1.165) is 31.7 Å². The molecule has 1 aromatic heterocycles. The van der Waals surface area contributed by atoms with Gasteiger partial charge in [-0.2, -0.15) is 4.98 Å². The van der Waals surface area contributed by atoms with Gasteiger partial charge >= 0.3 is 0 Å². The minimum absolute atomic E-state index is 0.173. The van der Waals surface area contributed by atoms with Crippen LogP contribution in [0.25, 0.3) is 11.4 Å². The van der Waals surface area contributed by atoms with Crippen molar-refractivity contribution in [1.29, 1.82) is 0 Å². The molecule has 0 radical (unpaired) electrons. The second kappa shape index (κ2) is 5.50. The zero-order chi connectivity index (χ0) is 13.1. The Hall–Kier alpha value is -1.72. The fraction of sp³-hybridized carbons (Fsp3) is 0.429. The van der Waals surface area contributed by atoms with E-state index < -0.39 is 0 Å². The van der Waals surface area contributed by atoms with Crippen molar-refractivity contribution < 1.29 is 4.52 Å². The summed E-state index contributed by atoms with van der Waals surface area (Å²) in [6, 6.07) is 10.1. The van der Waals surface area contributed by atoms with E-state index in [2.05, 4.69) is 27.3 Å². The molecule has 1 aromatic carbocycles. The van der Waals surface area contributed by atoms with Gasteiger partial charge in [-0.25, -0.2) is 0 Å². The number of benzene rings is 1. The summed E-state index contributed by atoms with van der Waals surface area (Å²) >= 11 is 0. The third-order valence-electron chi connectivity index (χ3n) is 3.53. The molecule has 0 amide bonds. The molecule has 2 aromatic rings. The first kappa shape index (κ1) is 12.3. The lowest BCUT2D eigenvalue weighted by molar-refractivity contribution is 0.154. The molecule has 1 aliphatic heterocycles. The van der Waals surface area contributed by atoms with Crippen LogP contribution in [0.15, 0.2) is 34.9 Å². The van der Waals surface area contributed by atoms with Crippen LogP contribution in [-0.4, -0.2) is 41.2 Å². The summed E-state index contributed by atoms with van der Waals surface area (Å²) in [7, 11) is 0. The summed E-state index contributed by atoms with van der Waals surface area (Å²) in [5.41, 5.74) is 0.991. The normalized spacial score (nSPS) is 18.4. The van der Waals surface area contributed by atoms with Crippen molar-refractivity contribution in [3.63, 3.8) is 0 Å². The number of nitrogens with one attached hydrogen (secondary N) is 1. The van der Waals surface area contributed by atoms with Gasteiger partial charge in [0, 0.05) is 31.7 Å². The molecule has 1 aliphatic rings. The van der Waals surface area contributed by atoms with Gasteiger partial charge < -0.3 is 9.84 Å². The molecule has 0 aliphatic carbocycles. The first-order chi connectivity index (χ1) is 9.34. The Kier molecular flexibility index (Phi) is 3.57. The molecule has 100 valence electrons. The Bertz CT molecular complexity index is 519. The Balaban J connectivity index is 1.77. The van der Waals surface area contributed by atoms with E-state index in [0.29, 0.717) is 11.7 Å². The summed E-state index contributed by atoms with van der Waals surface area (Å²) in [6.45, 7) is 6.19. The van der Waals surface area contributed by atoms with Gasteiger partial charge in [0.1, 0.15) is 0 Å². The van der Waals surface area contributed by atoms with Crippen LogP contribution >= 0.6 is 0 Å². The molecule has 1 N–H and O–H groups in total. The van der Waals surface area contributed by atoms with Gasteiger partial charge in [-0.1, -0.05) is 35.5 Å². The molecule has 1 fully saturated rings. The third-order valence-corrected chi connectivity index (χ3v) is 3.53. The van der Waals surface area contributed by atoms with Gasteiger partial charge in [0.2, 0.25) is 11.7 Å². The summed E-state index contributed by atoms with van der Waals surface area (Å²) in [5, 5.41) is 7.42. The van der Waals surface area contributed by atoms with Gasteiger partial charge in [0.05, 0.1) is 6.04 Å². The molecule has 2 heterocycles. The van der Waals surface area contributed by atoms with Gasteiger partial charge in [-0.15, -0.1) is 0 Å². The zero-order valence-corrected chi connectivity index (χ0v) is 11.0. The number of hydrogen-bond acceptors (Lipinski definition) is 5. The smallest absolute Gasteiger partial charge is 0.244 e. The standard InChI is InChI=1S/C14H18N4O/c1-11(18-9-7-15-8-10-18)14-16-13(17-19-14)12-5-3-2-4-6-12/h2-6,11,15H,7-10H2,1H3/t11-/m0/s1. The SMILES string of the molecule is C[C@@H](c1nc(-c2ccccc2)no1)N1CCNCC1. The minimum atomic E-state index is 0.173. The Labute approximate surface area is 112 Å². The second-order valence-electron chi connectivity index (χ2n) is 4.78. The molecule has 19 heavy (non-hydrogen) atoms. The average molecular weight is 258 g/mol. The third kappa shape index (κ3) is 2.67. The highest BCUT2D eigenvalue weighted by Crippen LogP contribution is 2.22. The first-order valence-electron chi connectivity index (χ1n) is 6.68. The number of nitrogens with zero attached hydrogens (tertiary/aromatic N) is 3. The van der Waals surface area contributed by atoms with Crippen LogP contribution < -0.4 is 5.32 Å². The van der Waals surface area contributed by atoms with Crippen LogP contribution in [0.5, 0.6) is 0 Å². The van der Waals surface area contributed by atoms with Crippen LogP contribution in [0, 0.1) is 0 Å². The summed E-state index contributed by atoms with van der Waals surface area (Å²) < 4.78 is 5.41. The van der Waals surface area contributed by atoms with Crippen LogP contribution in [0.3, 0.4) is 0 Å². The van der Waals surface area contributed by atoms with Crippen molar-refractivity contribution in [2.45, 2.75) is 13.0 Å². The van der Waals surface area contributed by atoms with Gasteiger partial charge in [0.15, 0.2) is 0 Å². The highest BCUT2D eigenvalue weighted by atomic mass is 16.5. The molecule has 0 unspecified atom stereocenters. The van der Waals surface area contributed by atoms with Crippen molar-refractivity contribution in [2.24, 2.45) is 0 Å². The number of hydrogen-bond donors (Lipinski definition) is 1. The van der Waals surface area contributed by atoms with E-state index in [-0.39, 0.29) is 6.04 Å². The predicted molar refractivity (Wildman–Crippen MR) is 72.6 cm³/mol. The zero-order valence-electron chi connectivity index (χ0n) is 11.0. The van der Waals surface area contributed by atoms with Gasteiger partial charge in [-0.3, -0.25) is 4.90 Å². The fourth-order valence-corrected chi connectivity index (χ4v) is 2.33. The van der Waals surface area contributed by atoms with Crippen LogP contribution in [0.4, 0.5) is 0 Å². The van der Waals surface area contributed by atoms with E-state index in [1.807, 2.05) is 30.3 Å². The number of rotatable bonds is 3. The molecule has 3 rings (SSSR count). The summed E-state index contributed by atoms with van der Waals surface area (Å²) in [5.74, 6) is 1.36. The molecular weight excluding hydrogens is 240 g/mol. The Morgan fingerprint density at radius 1 is 1.21 bits per heavy atom. The van der Waals surface area contributed by atoms with E-state index in [4.69, 9.17) is 4.52 Å². The molecule has 0 bridgehead atoms. The first-order valence-corrected chi connectivity index (χ1v) is 6.68.